The minimum atomic E-state index is 1.22. The van der Waals surface area contributed by atoms with Crippen LogP contribution in [0.4, 0.5) is 0 Å². The zero-order valence-electron chi connectivity index (χ0n) is 25.3. The Morgan fingerprint density at radius 3 is 0.833 bits per heavy atom. The van der Waals surface area contributed by atoms with Gasteiger partial charge in [0.1, 0.15) is 0 Å². The Balaban J connectivity index is 1.58. The van der Waals surface area contributed by atoms with E-state index in [1.54, 1.807) is 90.7 Å². The van der Waals surface area contributed by atoms with Gasteiger partial charge >= 0.3 is 0 Å². The van der Waals surface area contributed by atoms with E-state index < -0.39 is 0 Å². The summed E-state index contributed by atoms with van der Waals surface area (Å²) in [6.07, 6.45) is 4.77. The van der Waals surface area contributed by atoms with Crippen molar-refractivity contribution in [3.8, 4) is 0 Å². The van der Waals surface area contributed by atoms with Crippen LogP contribution in [0.5, 0.6) is 0 Å². The molecule has 0 saturated carbocycles. The zero-order chi connectivity index (χ0) is 32.1. The first-order chi connectivity index (χ1) is 23.8. The lowest BCUT2D eigenvalue weighted by Gasteiger charge is -2.24. The van der Waals surface area contributed by atoms with Crippen LogP contribution in [0.15, 0.2) is 135 Å². The van der Waals surface area contributed by atoms with E-state index in [9.17, 15) is 0 Å². The lowest BCUT2D eigenvalue weighted by molar-refractivity contribution is 1.65. The van der Waals surface area contributed by atoms with Gasteiger partial charge in [0, 0.05) is 0 Å². The summed E-state index contributed by atoms with van der Waals surface area (Å²) in [5, 5.41) is 35.9. The molecule has 0 atom stereocenters. The molecule has 0 aromatic carbocycles. The Bertz CT molecular complexity index is 2100. The topological polar surface area (TPSA) is 0 Å². The standard InChI is InChI=1S/C40H26S8/c1-9-41-19-27(1)17-35(29-3-11-43-21-29)37(31-5-13-45-23-31)39(33-7-15-47-25-33)40(34-8-16-48-26-34)38(32-6-14-46-24-32)36(30-4-12-44-22-30)18-28-2-10-42-20-28/h1-26H/b35-17-,36-18-,39-37?,40-38?. The molecular formula is C40H26S8. The van der Waals surface area contributed by atoms with E-state index in [2.05, 4.69) is 147 Å². The van der Waals surface area contributed by atoms with Crippen LogP contribution in [-0.4, -0.2) is 0 Å². The molecule has 48 heavy (non-hydrogen) atoms. The smallest absolute Gasteiger partial charge is 0.000515 e. The van der Waals surface area contributed by atoms with Crippen molar-refractivity contribution in [1.29, 1.82) is 0 Å². The number of hydrogen-bond acceptors (Lipinski definition) is 8. The quantitative estimate of drug-likeness (QED) is 0.115. The van der Waals surface area contributed by atoms with E-state index >= 15 is 0 Å². The largest absolute Gasteiger partial charge is 0.152 e. The van der Waals surface area contributed by atoms with Crippen molar-refractivity contribution in [2.24, 2.45) is 0 Å². The van der Waals surface area contributed by atoms with Gasteiger partial charge in [-0.15, -0.1) is 0 Å². The maximum Gasteiger partial charge on any atom is -0.000515 e. The van der Waals surface area contributed by atoms with E-state index in [0.717, 1.165) is 0 Å². The van der Waals surface area contributed by atoms with Gasteiger partial charge in [-0.2, -0.15) is 90.7 Å². The average Bonchev–Trinajstić information content (AvgIpc) is 3.98. The van der Waals surface area contributed by atoms with Crippen molar-refractivity contribution in [1.82, 2.24) is 0 Å². The molecular weight excluding hydrogens is 737 g/mol. The maximum absolute atomic E-state index is 2.38. The van der Waals surface area contributed by atoms with E-state index in [-0.39, 0.29) is 0 Å². The van der Waals surface area contributed by atoms with Crippen molar-refractivity contribution in [3.05, 3.63) is 179 Å². The highest BCUT2D eigenvalue weighted by molar-refractivity contribution is 7.10. The fraction of sp³-hybridized carbons (Fsp3) is 0. The van der Waals surface area contributed by atoms with Crippen LogP contribution in [0.2, 0.25) is 0 Å². The zero-order valence-corrected chi connectivity index (χ0v) is 31.8. The Morgan fingerprint density at radius 1 is 0.292 bits per heavy atom. The second-order valence-electron chi connectivity index (χ2n) is 10.8. The van der Waals surface area contributed by atoms with Crippen LogP contribution in [0, 0.1) is 0 Å². The highest BCUT2D eigenvalue weighted by atomic mass is 32.1. The van der Waals surface area contributed by atoms with Gasteiger partial charge in [0.15, 0.2) is 0 Å². The predicted molar refractivity (Wildman–Crippen MR) is 224 cm³/mol. The number of hydrogen-bond donors (Lipinski definition) is 0. The maximum atomic E-state index is 2.38. The van der Waals surface area contributed by atoms with Crippen LogP contribution in [-0.2, 0) is 0 Å². The SMILES string of the molecule is C(=C(/C(=C(C(=C(/C(=C\c1ccsc1)c1ccsc1)c1ccsc1)c1ccsc1)c1ccsc1)c1ccsc1)c1ccsc1)/c1ccsc1. The number of thiophene rings is 8. The molecule has 0 bridgehead atoms. The van der Waals surface area contributed by atoms with Crippen molar-refractivity contribution >= 4 is 136 Å². The van der Waals surface area contributed by atoms with Gasteiger partial charge in [-0.3, -0.25) is 0 Å². The molecule has 0 saturated heterocycles. The van der Waals surface area contributed by atoms with Gasteiger partial charge < -0.3 is 0 Å². The molecule has 0 unspecified atom stereocenters. The Kier molecular flexibility index (Phi) is 9.93. The van der Waals surface area contributed by atoms with E-state index in [1.165, 1.54) is 77.9 Å². The molecule has 8 rings (SSSR count). The van der Waals surface area contributed by atoms with Crippen LogP contribution in [0.25, 0.3) is 45.6 Å². The van der Waals surface area contributed by atoms with Gasteiger partial charge in [-0.25, -0.2) is 0 Å². The summed E-state index contributed by atoms with van der Waals surface area (Å²) >= 11 is 14.0. The summed E-state index contributed by atoms with van der Waals surface area (Å²) < 4.78 is 0. The van der Waals surface area contributed by atoms with Crippen molar-refractivity contribution in [2.45, 2.75) is 0 Å². The molecule has 8 heterocycles. The summed E-state index contributed by atoms with van der Waals surface area (Å²) in [5.74, 6) is 0. The van der Waals surface area contributed by atoms with Crippen LogP contribution in [0.1, 0.15) is 44.5 Å². The van der Waals surface area contributed by atoms with E-state index in [1.807, 2.05) is 0 Å². The second kappa shape index (κ2) is 15.0. The first-order valence-electron chi connectivity index (χ1n) is 15.0. The molecule has 8 aromatic heterocycles. The summed E-state index contributed by atoms with van der Waals surface area (Å²) in [6, 6.07) is 18.1. The van der Waals surface area contributed by atoms with Gasteiger partial charge in [0.05, 0.1) is 0 Å². The van der Waals surface area contributed by atoms with Gasteiger partial charge in [-0.1, -0.05) is 0 Å². The number of allylic oxidation sites excluding steroid dienone is 6. The molecule has 0 nitrogen and oxygen atoms in total. The molecule has 0 amide bonds. The van der Waals surface area contributed by atoms with Crippen LogP contribution < -0.4 is 0 Å². The molecule has 0 aliphatic heterocycles. The second-order valence-corrected chi connectivity index (χ2v) is 17.0. The fourth-order valence-corrected chi connectivity index (χ4v) is 10.9. The molecule has 0 aliphatic carbocycles. The van der Waals surface area contributed by atoms with Gasteiger partial charge in [-0.05, 0) is 225 Å². The first kappa shape index (κ1) is 31.8. The lowest BCUT2D eigenvalue weighted by atomic mass is 9.78. The summed E-state index contributed by atoms with van der Waals surface area (Å²) in [6.45, 7) is 0. The lowest BCUT2D eigenvalue weighted by Crippen LogP contribution is -2.02. The molecule has 234 valence electrons. The van der Waals surface area contributed by atoms with Gasteiger partial charge in [0.2, 0.25) is 0 Å². The summed E-state index contributed by atoms with van der Waals surface area (Å²) in [7, 11) is 0. The summed E-state index contributed by atoms with van der Waals surface area (Å²) in [4.78, 5) is 0. The minimum Gasteiger partial charge on any atom is -0.152 e. The molecule has 0 fully saturated rings. The highest BCUT2D eigenvalue weighted by Crippen LogP contribution is 2.51. The predicted octanol–water partition coefficient (Wildman–Crippen LogP) is 15.2. The Morgan fingerprint density at radius 2 is 0.562 bits per heavy atom. The normalized spacial score (nSPS) is 13.5. The fourth-order valence-electron chi connectivity index (χ4n) is 5.81. The highest BCUT2D eigenvalue weighted by Gasteiger charge is 2.28. The third-order valence-corrected chi connectivity index (χ3v) is 13.4. The summed E-state index contributed by atoms with van der Waals surface area (Å²) in [5.41, 5.74) is 17.2. The van der Waals surface area contributed by atoms with Crippen molar-refractivity contribution < 1.29 is 0 Å². The third kappa shape index (κ3) is 6.72. The molecule has 0 N–H and O–H groups in total. The monoisotopic (exact) mass is 762 g/mol. The van der Waals surface area contributed by atoms with Gasteiger partial charge in [0.25, 0.3) is 0 Å². The first-order valence-corrected chi connectivity index (χ1v) is 22.5. The van der Waals surface area contributed by atoms with Crippen LogP contribution in [0.3, 0.4) is 0 Å². The molecule has 0 radical (unpaired) electrons. The Labute approximate surface area is 312 Å². The molecule has 8 aromatic rings. The number of rotatable bonds is 11. The minimum absolute atomic E-state index is 1.22. The Hall–Kier alpha value is -3.44. The average molecular weight is 763 g/mol. The van der Waals surface area contributed by atoms with Crippen LogP contribution >= 0.6 is 90.7 Å². The molecule has 0 spiro atoms. The van der Waals surface area contributed by atoms with E-state index in [4.69, 9.17) is 0 Å². The third-order valence-electron chi connectivity index (χ3n) is 7.90. The van der Waals surface area contributed by atoms with Crippen molar-refractivity contribution in [3.63, 3.8) is 0 Å². The molecule has 8 heteroatoms. The van der Waals surface area contributed by atoms with E-state index in [0.29, 0.717) is 0 Å². The van der Waals surface area contributed by atoms with Crippen molar-refractivity contribution in [2.75, 3.05) is 0 Å². The molecule has 0 aliphatic rings.